The van der Waals surface area contributed by atoms with E-state index in [9.17, 15) is 23.1 Å². The van der Waals surface area contributed by atoms with Gasteiger partial charge in [-0.15, -0.1) is 6.58 Å². The highest BCUT2D eigenvalue weighted by Crippen LogP contribution is 2.33. The first-order valence-corrected chi connectivity index (χ1v) is 14.9. The molecule has 0 saturated carbocycles. The van der Waals surface area contributed by atoms with Crippen LogP contribution in [0.5, 0.6) is 0 Å². The van der Waals surface area contributed by atoms with Crippen molar-refractivity contribution >= 4 is 35.3 Å². The molecular weight excluding hydrogens is 574 g/mol. The SMILES string of the molecule is C=C(C)C.CN=c1c(C)c(/C2=C\CC(C)C(C)=C(C)C=C2)oc2c(C(C)[B]c3ccc(C(F)(F)F)cc3C(=O)O)cc(C)cc12. The van der Waals surface area contributed by atoms with Gasteiger partial charge < -0.3 is 9.52 Å². The second kappa shape index (κ2) is 14.4. The molecule has 1 aliphatic carbocycles. The van der Waals surface area contributed by atoms with Gasteiger partial charge in [-0.2, -0.15) is 13.2 Å². The average Bonchev–Trinajstić information content (AvgIpc) is 2.94. The maximum atomic E-state index is 13.3. The van der Waals surface area contributed by atoms with Crippen molar-refractivity contribution in [2.75, 3.05) is 7.05 Å². The molecular formula is C37H42BF3NO3. The van der Waals surface area contributed by atoms with Crippen LogP contribution in [0, 0.1) is 19.8 Å². The molecule has 0 saturated heterocycles. The second-order valence-electron chi connectivity index (χ2n) is 12.1. The Balaban J connectivity index is 0.00000130. The molecule has 0 amide bonds. The summed E-state index contributed by atoms with van der Waals surface area (Å²) in [6.07, 6.45) is 2.55. The van der Waals surface area contributed by atoms with Gasteiger partial charge in [-0.3, -0.25) is 4.99 Å². The Morgan fingerprint density at radius 2 is 1.76 bits per heavy atom. The molecule has 2 aromatic carbocycles. The second-order valence-corrected chi connectivity index (χ2v) is 12.1. The van der Waals surface area contributed by atoms with Gasteiger partial charge in [0.05, 0.1) is 16.5 Å². The van der Waals surface area contributed by atoms with Crippen molar-refractivity contribution in [2.24, 2.45) is 10.9 Å². The number of aromatic carboxylic acids is 1. The van der Waals surface area contributed by atoms with Crippen LogP contribution in [0.3, 0.4) is 0 Å². The maximum absolute atomic E-state index is 13.3. The standard InChI is InChI=1S/C33H34BF3NO3.C4H8/c1-17-14-25(22(6)34-28-13-12-24(33(35,36)37)16-26(28)32(39)40)31-27(15-17)29(38-7)21(5)30(41-31)23-10-8-18(2)20(4)19(3)9-11-23;1-4(2)3/h8,10-16,19,22H,9H2,1-7H3,(H,39,40);1H2,2-3H3/b10-8?,20-18?,23-11-,38-29?;. The number of carboxylic acids is 1. The summed E-state index contributed by atoms with van der Waals surface area (Å²) in [5.41, 5.74) is 6.75. The molecule has 4 rings (SSSR count). The molecule has 8 heteroatoms. The van der Waals surface area contributed by atoms with E-state index in [1.807, 2.05) is 46.8 Å². The number of fused-ring (bicyclic) bond motifs is 1. The molecule has 45 heavy (non-hydrogen) atoms. The minimum Gasteiger partial charge on any atom is -0.478 e. The first-order chi connectivity index (χ1) is 21.0. The molecule has 0 aliphatic heterocycles. The third-order valence-corrected chi connectivity index (χ3v) is 8.00. The van der Waals surface area contributed by atoms with Gasteiger partial charge in [-0.25, -0.2) is 4.79 Å². The van der Waals surface area contributed by atoms with Crippen LogP contribution in [0.25, 0.3) is 16.5 Å². The lowest BCUT2D eigenvalue weighted by Crippen LogP contribution is -2.28. The van der Waals surface area contributed by atoms with Gasteiger partial charge in [0.1, 0.15) is 11.3 Å². The Morgan fingerprint density at radius 3 is 2.33 bits per heavy atom. The van der Waals surface area contributed by atoms with E-state index in [0.717, 1.165) is 45.5 Å². The Bertz CT molecular complexity index is 1790. The molecule has 1 heterocycles. The number of carbonyl (C=O) groups is 1. The molecule has 4 nitrogen and oxygen atoms in total. The van der Waals surface area contributed by atoms with E-state index in [2.05, 4.69) is 50.6 Å². The first kappa shape index (κ1) is 35.4. The molecule has 1 N–H and O–H groups in total. The number of halogens is 3. The fraction of sp³-hybridized carbons (Fsp3) is 0.351. The number of nitrogens with zero attached hydrogens (tertiary/aromatic N) is 1. The number of carboxylic acid groups (broad SMARTS) is 1. The third kappa shape index (κ3) is 8.36. The molecule has 3 aromatic rings. The van der Waals surface area contributed by atoms with Crippen LogP contribution in [-0.2, 0) is 6.18 Å². The van der Waals surface area contributed by atoms with Crippen LogP contribution in [0.1, 0.15) is 92.2 Å². The smallest absolute Gasteiger partial charge is 0.416 e. The van der Waals surface area contributed by atoms with E-state index in [4.69, 9.17) is 4.42 Å². The Labute approximate surface area is 265 Å². The summed E-state index contributed by atoms with van der Waals surface area (Å²) in [7, 11) is 3.41. The summed E-state index contributed by atoms with van der Waals surface area (Å²) >= 11 is 0. The number of hydrogen-bond acceptors (Lipinski definition) is 3. The van der Waals surface area contributed by atoms with Crippen molar-refractivity contribution in [1.29, 1.82) is 0 Å². The van der Waals surface area contributed by atoms with Crippen molar-refractivity contribution in [2.45, 2.75) is 73.8 Å². The molecule has 0 bridgehead atoms. The number of benzene rings is 2. The Kier molecular flexibility index (Phi) is 11.3. The topological polar surface area (TPSA) is 62.8 Å². The number of allylic oxidation sites excluding steroid dienone is 7. The summed E-state index contributed by atoms with van der Waals surface area (Å²) in [4.78, 5) is 16.5. The number of aryl methyl sites for hydroxylation is 1. The van der Waals surface area contributed by atoms with Crippen molar-refractivity contribution < 1.29 is 27.5 Å². The van der Waals surface area contributed by atoms with Gasteiger partial charge in [0.25, 0.3) is 0 Å². The van der Waals surface area contributed by atoms with Crippen LogP contribution in [0.4, 0.5) is 13.2 Å². The zero-order valence-electron chi connectivity index (χ0n) is 27.6. The molecule has 2 unspecified atom stereocenters. The predicted octanol–water partition coefficient (Wildman–Crippen LogP) is 9.29. The summed E-state index contributed by atoms with van der Waals surface area (Å²) in [5, 5.41) is 11.3. The lowest BCUT2D eigenvalue weighted by molar-refractivity contribution is -0.137. The minimum atomic E-state index is -4.64. The van der Waals surface area contributed by atoms with Gasteiger partial charge in [0.2, 0.25) is 0 Å². The lowest BCUT2D eigenvalue weighted by Gasteiger charge is -2.19. The molecule has 2 atom stereocenters. The van der Waals surface area contributed by atoms with E-state index < -0.39 is 23.3 Å². The first-order valence-electron chi connectivity index (χ1n) is 14.9. The summed E-state index contributed by atoms with van der Waals surface area (Å²) < 4.78 is 46.5. The Morgan fingerprint density at radius 1 is 1.11 bits per heavy atom. The largest absolute Gasteiger partial charge is 0.478 e. The fourth-order valence-corrected chi connectivity index (χ4v) is 5.36. The lowest BCUT2D eigenvalue weighted by atomic mass is 9.56. The van der Waals surface area contributed by atoms with E-state index >= 15 is 0 Å². The Hall–Kier alpha value is -4.07. The van der Waals surface area contributed by atoms with Gasteiger partial charge in [-0.1, -0.05) is 72.5 Å². The van der Waals surface area contributed by atoms with Crippen molar-refractivity contribution in [3.63, 3.8) is 0 Å². The monoisotopic (exact) mass is 616 g/mol. The molecule has 1 radical (unpaired) electrons. The van der Waals surface area contributed by atoms with Gasteiger partial charge >= 0.3 is 12.1 Å². The van der Waals surface area contributed by atoms with Gasteiger partial charge in [0, 0.05) is 23.6 Å². The fourth-order valence-electron chi connectivity index (χ4n) is 5.36. The molecule has 1 aliphatic rings. The highest BCUT2D eigenvalue weighted by Gasteiger charge is 2.32. The molecule has 1 aromatic heterocycles. The van der Waals surface area contributed by atoms with Crippen LogP contribution in [0.2, 0.25) is 0 Å². The average molecular weight is 617 g/mol. The van der Waals surface area contributed by atoms with Gasteiger partial charge in [0.15, 0.2) is 7.28 Å². The molecule has 0 fully saturated rings. The van der Waals surface area contributed by atoms with Crippen molar-refractivity contribution in [3.8, 4) is 0 Å². The molecule has 237 valence electrons. The third-order valence-electron chi connectivity index (χ3n) is 8.00. The van der Waals surface area contributed by atoms with Crippen LogP contribution in [0.15, 0.2) is 81.3 Å². The van der Waals surface area contributed by atoms with Crippen LogP contribution < -0.4 is 10.8 Å². The zero-order chi connectivity index (χ0) is 33.8. The van der Waals surface area contributed by atoms with Crippen LogP contribution >= 0.6 is 0 Å². The highest BCUT2D eigenvalue weighted by molar-refractivity contribution is 6.57. The summed E-state index contributed by atoms with van der Waals surface area (Å²) in [5.74, 6) is -0.723. The normalized spacial score (nSPS) is 17.6. The van der Waals surface area contributed by atoms with Crippen molar-refractivity contribution in [1.82, 2.24) is 0 Å². The van der Waals surface area contributed by atoms with E-state index in [1.165, 1.54) is 22.8 Å². The van der Waals surface area contributed by atoms with E-state index in [0.29, 0.717) is 23.3 Å². The number of hydrogen-bond donors (Lipinski definition) is 1. The van der Waals surface area contributed by atoms with E-state index in [-0.39, 0.29) is 11.3 Å². The van der Waals surface area contributed by atoms with Gasteiger partial charge in [-0.05, 0) is 83.0 Å². The summed E-state index contributed by atoms with van der Waals surface area (Å²) in [6.45, 7) is 19.8. The predicted molar refractivity (Wildman–Crippen MR) is 179 cm³/mol. The minimum absolute atomic E-state index is 0.206. The number of rotatable bonds is 5. The highest BCUT2D eigenvalue weighted by atomic mass is 19.4. The van der Waals surface area contributed by atoms with E-state index in [1.54, 1.807) is 14.3 Å². The van der Waals surface area contributed by atoms with Crippen LogP contribution in [-0.4, -0.2) is 25.4 Å². The maximum Gasteiger partial charge on any atom is 0.416 e. The van der Waals surface area contributed by atoms with Crippen molar-refractivity contribution in [3.05, 3.63) is 111 Å². The quantitative estimate of drug-likeness (QED) is 0.230. The molecule has 0 spiro atoms. The zero-order valence-corrected chi connectivity index (χ0v) is 27.6. The number of alkyl halides is 3. The summed E-state index contributed by atoms with van der Waals surface area (Å²) in [6, 6.07) is 6.78.